The average Bonchev–Trinajstić information content (AvgIpc) is 2.29. The third-order valence-corrected chi connectivity index (χ3v) is 2.50. The second kappa shape index (κ2) is 5.92. The first-order valence-electron chi connectivity index (χ1n) is 5.40. The van der Waals surface area contributed by atoms with Crippen LogP contribution in [-0.4, -0.2) is 17.8 Å². The van der Waals surface area contributed by atoms with Crippen LogP contribution in [0.5, 0.6) is 0 Å². The number of hydrogen-bond acceptors (Lipinski definition) is 2. The molecule has 1 aromatic rings. The Hall–Kier alpha value is -1.00. The van der Waals surface area contributed by atoms with E-state index in [-0.39, 0.29) is 18.7 Å². The van der Waals surface area contributed by atoms with Gasteiger partial charge in [-0.05, 0) is 31.5 Å². The summed E-state index contributed by atoms with van der Waals surface area (Å²) in [5.74, 6) is -0.876. The van der Waals surface area contributed by atoms with Crippen molar-refractivity contribution < 1.29 is 13.9 Å². The molecule has 0 aliphatic heterocycles. The van der Waals surface area contributed by atoms with E-state index in [0.29, 0.717) is 12.0 Å². The molecule has 0 bridgehead atoms. The molecule has 0 radical (unpaired) electrons. The lowest BCUT2D eigenvalue weighted by Gasteiger charge is -2.21. The quantitative estimate of drug-likeness (QED) is 0.812. The van der Waals surface area contributed by atoms with Crippen LogP contribution in [0.1, 0.15) is 31.9 Å². The fraction of sp³-hybridized carbons (Fsp3) is 0.500. The third-order valence-electron chi connectivity index (χ3n) is 2.50. The minimum absolute atomic E-state index is 0.0343. The molecule has 0 saturated heterocycles. The largest absolute Gasteiger partial charge is 0.395 e. The van der Waals surface area contributed by atoms with Gasteiger partial charge in [0.1, 0.15) is 11.6 Å². The highest BCUT2D eigenvalue weighted by Crippen LogP contribution is 2.21. The Kier molecular flexibility index (Phi) is 4.83. The molecule has 0 amide bonds. The van der Waals surface area contributed by atoms with Gasteiger partial charge in [-0.1, -0.05) is 6.92 Å². The molecule has 16 heavy (non-hydrogen) atoms. The fourth-order valence-corrected chi connectivity index (χ4v) is 1.61. The number of aliphatic hydroxyl groups is 1. The molecule has 2 atom stereocenters. The summed E-state index contributed by atoms with van der Waals surface area (Å²) in [5.41, 5.74) is 0.308. The predicted octanol–water partition coefficient (Wildman–Crippen LogP) is 2.39. The first-order valence-corrected chi connectivity index (χ1v) is 5.40. The van der Waals surface area contributed by atoms with E-state index in [1.807, 2.05) is 6.92 Å². The van der Waals surface area contributed by atoms with E-state index in [1.165, 1.54) is 6.07 Å². The summed E-state index contributed by atoms with van der Waals surface area (Å²) >= 11 is 0. The van der Waals surface area contributed by atoms with Crippen LogP contribution in [0.2, 0.25) is 0 Å². The first-order chi connectivity index (χ1) is 7.58. The molecule has 0 spiro atoms. The Morgan fingerprint density at radius 2 is 2.06 bits per heavy atom. The lowest BCUT2D eigenvalue weighted by molar-refractivity contribution is 0.238. The van der Waals surface area contributed by atoms with E-state index in [4.69, 9.17) is 5.11 Å². The van der Waals surface area contributed by atoms with E-state index in [0.717, 1.165) is 12.1 Å². The number of hydrogen-bond donors (Lipinski definition) is 2. The Morgan fingerprint density at radius 3 is 2.62 bits per heavy atom. The topological polar surface area (TPSA) is 32.3 Å². The Morgan fingerprint density at radius 1 is 1.38 bits per heavy atom. The van der Waals surface area contributed by atoms with Crippen molar-refractivity contribution in [2.24, 2.45) is 0 Å². The Balaban J connectivity index is 2.89. The highest BCUT2D eigenvalue weighted by atomic mass is 19.1. The molecule has 2 nitrogen and oxygen atoms in total. The van der Waals surface area contributed by atoms with Crippen LogP contribution < -0.4 is 5.32 Å². The van der Waals surface area contributed by atoms with Gasteiger partial charge in [0.15, 0.2) is 0 Å². The van der Waals surface area contributed by atoms with Gasteiger partial charge in [0.05, 0.1) is 6.61 Å². The van der Waals surface area contributed by atoms with Gasteiger partial charge in [-0.2, -0.15) is 0 Å². The van der Waals surface area contributed by atoms with Crippen molar-refractivity contribution in [2.75, 3.05) is 6.61 Å². The van der Waals surface area contributed by atoms with Gasteiger partial charge in [0.2, 0.25) is 0 Å². The monoisotopic (exact) mass is 229 g/mol. The molecular weight excluding hydrogens is 212 g/mol. The zero-order chi connectivity index (χ0) is 12.1. The number of rotatable bonds is 5. The van der Waals surface area contributed by atoms with Crippen LogP contribution in [0.15, 0.2) is 18.2 Å². The number of benzene rings is 1. The molecule has 0 aliphatic rings. The highest BCUT2D eigenvalue weighted by molar-refractivity contribution is 5.22. The molecule has 0 fully saturated rings. The Bertz CT molecular complexity index is 344. The van der Waals surface area contributed by atoms with Gasteiger partial charge in [0.25, 0.3) is 0 Å². The second-order valence-corrected chi connectivity index (χ2v) is 3.88. The summed E-state index contributed by atoms with van der Waals surface area (Å²) < 4.78 is 26.5. The van der Waals surface area contributed by atoms with Crippen molar-refractivity contribution in [3.05, 3.63) is 35.4 Å². The van der Waals surface area contributed by atoms with E-state index in [1.54, 1.807) is 6.92 Å². The van der Waals surface area contributed by atoms with E-state index in [9.17, 15) is 8.78 Å². The van der Waals surface area contributed by atoms with Gasteiger partial charge < -0.3 is 10.4 Å². The van der Waals surface area contributed by atoms with Crippen LogP contribution >= 0.6 is 0 Å². The van der Waals surface area contributed by atoms with Gasteiger partial charge in [-0.15, -0.1) is 0 Å². The maximum Gasteiger partial charge on any atom is 0.128 e. The summed E-state index contributed by atoms with van der Waals surface area (Å²) in [6.45, 7) is 3.64. The SMILES string of the molecule is CCC(NC(C)CO)c1cc(F)ccc1F. The molecule has 2 unspecified atom stereocenters. The van der Waals surface area contributed by atoms with Crippen LogP contribution in [0, 0.1) is 11.6 Å². The minimum Gasteiger partial charge on any atom is -0.395 e. The molecule has 1 aromatic carbocycles. The van der Waals surface area contributed by atoms with Crippen molar-refractivity contribution >= 4 is 0 Å². The summed E-state index contributed by atoms with van der Waals surface area (Å²) in [5, 5.41) is 12.0. The smallest absolute Gasteiger partial charge is 0.128 e. The van der Waals surface area contributed by atoms with Crippen molar-refractivity contribution in [1.29, 1.82) is 0 Å². The minimum atomic E-state index is -0.451. The van der Waals surface area contributed by atoms with Gasteiger partial charge in [-0.3, -0.25) is 0 Å². The van der Waals surface area contributed by atoms with E-state index in [2.05, 4.69) is 5.32 Å². The van der Waals surface area contributed by atoms with E-state index >= 15 is 0 Å². The van der Waals surface area contributed by atoms with Gasteiger partial charge in [-0.25, -0.2) is 8.78 Å². The standard InChI is InChI=1S/C12H17F2NO/c1-3-12(15-8(2)7-16)10-6-9(13)4-5-11(10)14/h4-6,8,12,15-16H,3,7H2,1-2H3. The summed E-state index contributed by atoms with van der Waals surface area (Å²) in [6.07, 6.45) is 0.630. The molecule has 90 valence electrons. The summed E-state index contributed by atoms with van der Waals surface area (Å²) in [6, 6.07) is 2.99. The van der Waals surface area contributed by atoms with Gasteiger partial charge in [0, 0.05) is 17.6 Å². The van der Waals surface area contributed by atoms with Crippen LogP contribution in [0.25, 0.3) is 0 Å². The molecule has 0 saturated carbocycles. The maximum absolute atomic E-state index is 13.5. The molecule has 0 aromatic heterocycles. The molecule has 0 heterocycles. The average molecular weight is 229 g/mol. The lowest BCUT2D eigenvalue weighted by Crippen LogP contribution is -2.33. The maximum atomic E-state index is 13.5. The molecule has 4 heteroatoms. The molecule has 0 aliphatic carbocycles. The zero-order valence-corrected chi connectivity index (χ0v) is 9.50. The summed E-state index contributed by atoms with van der Waals surface area (Å²) in [4.78, 5) is 0. The second-order valence-electron chi connectivity index (χ2n) is 3.88. The Labute approximate surface area is 94.3 Å². The number of aliphatic hydroxyl groups excluding tert-OH is 1. The predicted molar refractivity (Wildman–Crippen MR) is 59.1 cm³/mol. The van der Waals surface area contributed by atoms with Crippen molar-refractivity contribution in [3.63, 3.8) is 0 Å². The number of nitrogens with one attached hydrogen (secondary N) is 1. The fourth-order valence-electron chi connectivity index (χ4n) is 1.61. The lowest BCUT2D eigenvalue weighted by atomic mass is 10.0. The van der Waals surface area contributed by atoms with E-state index < -0.39 is 11.6 Å². The van der Waals surface area contributed by atoms with Crippen LogP contribution in [-0.2, 0) is 0 Å². The highest BCUT2D eigenvalue weighted by Gasteiger charge is 2.16. The molecule has 2 N–H and O–H groups in total. The molecular formula is C12H17F2NO. The first kappa shape index (κ1) is 13.1. The molecule has 1 rings (SSSR count). The van der Waals surface area contributed by atoms with Crippen molar-refractivity contribution in [1.82, 2.24) is 5.32 Å². The van der Waals surface area contributed by atoms with Gasteiger partial charge >= 0.3 is 0 Å². The third kappa shape index (κ3) is 3.25. The normalized spacial score (nSPS) is 14.8. The number of halogens is 2. The van der Waals surface area contributed by atoms with Crippen molar-refractivity contribution in [3.8, 4) is 0 Å². The van der Waals surface area contributed by atoms with Crippen LogP contribution in [0.3, 0.4) is 0 Å². The summed E-state index contributed by atoms with van der Waals surface area (Å²) in [7, 11) is 0. The van der Waals surface area contributed by atoms with Crippen molar-refractivity contribution in [2.45, 2.75) is 32.4 Å². The zero-order valence-electron chi connectivity index (χ0n) is 9.50. The van der Waals surface area contributed by atoms with Crippen LogP contribution in [0.4, 0.5) is 8.78 Å².